The van der Waals surface area contributed by atoms with Crippen LogP contribution in [0, 0.1) is 5.92 Å². The Morgan fingerprint density at radius 3 is 2.88 bits per heavy atom. The molecule has 0 aromatic carbocycles. The Bertz CT molecular complexity index is 343. The number of nitrogens with two attached hydrogens (primary N) is 1. The van der Waals surface area contributed by atoms with Crippen molar-refractivity contribution in [3.8, 4) is 0 Å². The standard InChI is InChI=1S/C12H19ClN2S/c1-8-3-11(14)6-15(5-8)9(2)10-4-12(13)16-7-10/h4,7-9,11H,3,5-6,14H2,1-2H3. The highest BCUT2D eigenvalue weighted by Crippen LogP contribution is 2.30. The molecule has 0 aliphatic carbocycles. The van der Waals surface area contributed by atoms with Gasteiger partial charge in [-0.1, -0.05) is 18.5 Å². The van der Waals surface area contributed by atoms with E-state index >= 15 is 0 Å². The summed E-state index contributed by atoms with van der Waals surface area (Å²) >= 11 is 7.58. The number of thiophene rings is 1. The molecular formula is C12H19ClN2S. The summed E-state index contributed by atoms with van der Waals surface area (Å²) in [5.41, 5.74) is 7.39. The van der Waals surface area contributed by atoms with Gasteiger partial charge in [0, 0.05) is 25.2 Å². The minimum absolute atomic E-state index is 0.320. The molecular weight excluding hydrogens is 240 g/mol. The molecule has 1 saturated heterocycles. The first kappa shape index (κ1) is 12.4. The second-order valence-corrected chi connectivity index (χ2v) is 6.46. The molecule has 1 aromatic rings. The summed E-state index contributed by atoms with van der Waals surface area (Å²) in [4.78, 5) is 2.47. The molecule has 1 aliphatic rings. The van der Waals surface area contributed by atoms with E-state index in [1.165, 1.54) is 5.56 Å². The highest BCUT2D eigenvalue weighted by Gasteiger charge is 2.26. The Morgan fingerprint density at radius 2 is 2.31 bits per heavy atom. The summed E-state index contributed by atoms with van der Waals surface area (Å²) in [6, 6.07) is 2.82. The molecule has 3 atom stereocenters. The van der Waals surface area contributed by atoms with Crippen LogP contribution in [0.2, 0.25) is 4.34 Å². The lowest BCUT2D eigenvalue weighted by atomic mass is 9.94. The third kappa shape index (κ3) is 2.77. The van der Waals surface area contributed by atoms with Gasteiger partial charge in [-0.25, -0.2) is 0 Å². The topological polar surface area (TPSA) is 29.3 Å². The van der Waals surface area contributed by atoms with Gasteiger partial charge in [0.1, 0.15) is 0 Å². The first-order chi connectivity index (χ1) is 7.56. The second kappa shape index (κ2) is 5.05. The fourth-order valence-corrected chi connectivity index (χ4v) is 3.49. The van der Waals surface area contributed by atoms with E-state index in [1.54, 1.807) is 11.3 Å². The van der Waals surface area contributed by atoms with Gasteiger partial charge in [-0.3, -0.25) is 4.90 Å². The van der Waals surface area contributed by atoms with Crippen molar-refractivity contribution in [1.29, 1.82) is 0 Å². The van der Waals surface area contributed by atoms with Crippen molar-refractivity contribution in [3.63, 3.8) is 0 Å². The van der Waals surface area contributed by atoms with E-state index in [4.69, 9.17) is 17.3 Å². The summed E-state index contributed by atoms with van der Waals surface area (Å²) in [6.45, 7) is 6.66. The number of likely N-dealkylation sites (tertiary alicyclic amines) is 1. The molecule has 2 heterocycles. The maximum Gasteiger partial charge on any atom is 0.0931 e. The molecule has 90 valence electrons. The fourth-order valence-electron chi connectivity index (χ4n) is 2.51. The Balaban J connectivity index is 2.06. The van der Waals surface area contributed by atoms with Crippen molar-refractivity contribution in [2.75, 3.05) is 13.1 Å². The largest absolute Gasteiger partial charge is 0.327 e. The number of hydrogen-bond donors (Lipinski definition) is 1. The molecule has 0 bridgehead atoms. The fraction of sp³-hybridized carbons (Fsp3) is 0.667. The molecule has 1 aromatic heterocycles. The van der Waals surface area contributed by atoms with Gasteiger partial charge >= 0.3 is 0 Å². The summed E-state index contributed by atoms with van der Waals surface area (Å²) in [5.74, 6) is 0.695. The SMILES string of the molecule is CC1CC(N)CN(C(C)c2csc(Cl)c2)C1. The molecule has 0 amide bonds. The quantitative estimate of drug-likeness (QED) is 0.883. The molecule has 0 saturated carbocycles. The molecule has 1 aliphatic heterocycles. The highest BCUT2D eigenvalue weighted by atomic mass is 35.5. The van der Waals surface area contributed by atoms with Crippen molar-refractivity contribution in [2.24, 2.45) is 11.7 Å². The van der Waals surface area contributed by atoms with E-state index in [2.05, 4.69) is 30.2 Å². The minimum atomic E-state index is 0.320. The maximum absolute atomic E-state index is 6.07. The van der Waals surface area contributed by atoms with Gasteiger partial charge in [0.15, 0.2) is 0 Å². The van der Waals surface area contributed by atoms with E-state index in [9.17, 15) is 0 Å². The van der Waals surface area contributed by atoms with E-state index in [0.29, 0.717) is 18.0 Å². The van der Waals surface area contributed by atoms with Crippen molar-refractivity contribution < 1.29 is 0 Å². The minimum Gasteiger partial charge on any atom is -0.327 e. The monoisotopic (exact) mass is 258 g/mol. The summed E-state index contributed by atoms with van der Waals surface area (Å²) in [5, 5.41) is 2.15. The average molecular weight is 259 g/mol. The predicted octanol–water partition coefficient (Wildman–Crippen LogP) is 3.13. The third-order valence-corrected chi connectivity index (χ3v) is 4.45. The molecule has 2 nitrogen and oxygen atoms in total. The molecule has 0 spiro atoms. The molecule has 4 heteroatoms. The summed E-state index contributed by atoms with van der Waals surface area (Å²) in [6.07, 6.45) is 1.15. The lowest BCUT2D eigenvalue weighted by Gasteiger charge is -2.38. The van der Waals surface area contributed by atoms with Crippen molar-refractivity contribution in [2.45, 2.75) is 32.4 Å². The van der Waals surface area contributed by atoms with Gasteiger partial charge < -0.3 is 5.73 Å². The van der Waals surface area contributed by atoms with Crippen molar-refractivity contribution in [1.82, 2.24) is 4.90 Å². The number of rotatable bonds is 2. The van der Waals surface area contributed by atoms with E-state index in [1.807, 2.05) is 0 Å². The smallest absolute Gasteiger partial charge is 0.0931 e. The van der Waals surface area contributed by atoms with Crippen LogP contribution >= 0.6 is 22.9 Å². The van der Waals surface area contributed by atoms with Crippen molar-refractivity contribution >= 4 is 22.9 Å². The second-order valence-electron chi connectivity index (χ2n) is 4.91. The Kier molecular flexibility index (Phi) is 3.90. The van der Waals surface area contributed by atoms with Crippen molar-refractivity contribution in [3.05, 3.63) is 21.3 Å². The van der Waals surface area contributed by atoms with Crippen LogP contribution in [0.15, 0.2) is 11.4 Å². The zero-order valence-electron chi connectivity index (χ0n) is 9.82. The van der Waals surface area contributed by atoms with Gasteiger partial charge in [-0.05, 0) is 36.3 Å². The molecule has 2 N–H and O–H groups in total. The summed E-state index contributed by atoms with van der Waals surface area (Å²) in [7, 11) is 0. The van der Waals surface area contributed by atoms with Crippen LogP contribution < -0.4 is 5.73 Å². The number of nitrogens with zero attached hydrogens (tertiary/aromatic N) is 1. The van der Waals surface area contributed by atoms with E-state index in [0.717, 1.165) is 23.8 Å². The molecule has 0 radical (unpaired) electrons. The first-order valence-electron chi connectivity index (χ1n) is 5.80. The Morgan fingerprint density at radius 1 is 1.56 bits per heavy atom. The van der Waals surface area contributed by atoms with Crippen LogP contribution in [0.4, 0.5) is 0 Å². The van der Waals surface area contributed by atoms with E-state index in [-0.39, 0.29) is 0 Å². The van der Waals surface area contributed by atoms with Crippen LogP contribution in [0.5, 0.6) is 0 Å². The third-order valence-electron chi connectivity index (χ3n) is 3.34. The molecule has 16 heavy (non-hydrogen) atoms. The van der Waals surface area contributed by atoms with Crippen LogP contribution in [0.3, 0.4) is 0 Å². The lowest BCUT2D eigenvalue weighted by molar-refractivity contribution is 0.124. The van der Waals surface area contributed by atoms with Crippen LogP contribution in [0.1, 0.15) is 31.9 Å². The van der Waals surface area contributed by atoms with Gasteiger partial charge in [0.25, 0.3) is 0 Å². The van der Waals surface area contributed by atoms with Gasteiger partial charge in [0.2, 0.25) is 0 Å². The van der Waals surface area contributed by atoms with Crippen LogP contribution in [-0.2, 0) is 0 Å². The number of halogens is 1. The summed E-state index contributed by atoms with van der Waals surface area (Å²) < 4.78 is 0.871. The zero-order chi connectivity index (χ0) is 11.7. The Labute approximate surface area is 106 Å². The maximum atomic E-state index is 6.07. The molecule has 1 fully saturated rings. The number of piperidine rings is 1. The normalized spacial score (nSPS) is 29.2. The zero-order valence-corrected chi connectivity index (χ0v) is 11.4. The highest BCUT2D eigenvalue weighted by molar-refractivity contribution is 7.14. The average Bonchev–Trinajstić information content (AvgIpc) is 2.62. The number of hydrogen-bond acceptors (Lipinski definition) is 3. The van der Waals surface area contributed by atoms with Crippen LogP contribution in [0.25, 0.3) is 0 Å². The van der Waals surface area contributed by atoms with Crippen LogP contribution in [-0.4, -0.2) is 24.0 Å². The van der Waals surface area contributed by atoms with Gasteiger partial charge in [-0.2, -0.15) is 0 Å². The molecule has 2 rings (SSSR count). The molecule has 3 unspecified atom stereocenters. The van der Waals surface area contributed by atoms with Gasteiger partial charge in [-0.15, -0.1) is 11.3 Å². The predicted molar refractivity (Wildman–Crippen MR) is 71.1 cm³/mol. The lowest BCUT2D eigenvalue weighted by Crippen LogP contribution is -2.47. The van der Waals surface area contributed by atoms with Gasteiger partial charge in [0.05, 0.1) is 4.34 Å². The Hall–Kier alpha value is -0.0900. The van der Waals surface area contributed by atoms with E-state index < -0.39 is 0 Å². The first-order valence-corrected chi connectivity index (χ1v) is 7.05.